The van der Waals surface area contributed by atoms with E-state index in [1.807, 2.05) is 6.07 Å². The van der Waals surface area contributed by atoms with E-state index in [1.54, 1.807) is 25.3 Å². The second kappa shape index (κ2) is 4.11. The van der Waals surface area contributed by atoms with Gasteiger partial charge >= 0.3 is 0 Å². The summed E-state index contributed by atoms with van der Waals surface area (Å²) in [5, 5.41) is 8.69. The van der Waals surface area contributed by atoms with Gasteiger partial charge in [0.15, 0.2) is 5.75 Å². The third-order valence-electron chi connectivity index (χ3n) is 2.47. The molecule has 0 radical (unpaired) electrons. The van der Waals surface area contributed by atoms with Crippen LogP contribution in [-0.4, -0.2) is 13.0 Å². The van der Waals surface area contributed by atoms with Gasteiger partial charge in [-0.3, -0.25) is 4.79 Å². The number of nitrogens with zero attached hydrogens (tertiary/aromatic N) is 1. The number of hydroxylamine groups is 1. The Hall–Kier alpha value is -2.22. The first-order valence-corrected chi connectivity index (χ1v) is 4.78. The quantitative estimate of drug-likeness (QED) is 0.807. The van der Waals surface area contributed by atoms with E-state index in [4.69, 9.17) is 14.8 Å². The largest absolute Gasteiger partial charge is 0.497 e. The van der Waals surface area contributed by atoms with E-state index in [2.05, 4.69) is 5.48 Å². The number of carbonyl (C=O) groups is 1. The van der Waals surface area contributed by atoms with Crippen molar-refractivity contribution in [2.45, 2.75) is 12.3 Å². The summed E-state index contributed by atoms with van der Waals surface area (Å²) in [4.78, 5) is 16.6. The molecule has 0 aliphatic carbocycles. The van der Waals surface area contributed by atoms with Gasteiger partial charge in [0.25, 0.3) is 5.91 Å². The number of ether oxygens (including phenoxy) is 1. The molecular weight excluding hydrogens is 208 g/mol. The minimum absolute atomic E-state index is 0.120. The van der Waals surface area contributed by atoms with E-state index in [-0.39, 0.29) is 12.3 Å². The van der Waals surface area contributed by atoms with Crippen molar-refractivity contribution in [1.29, 1.82) is 5.26 Å². The summed E-state index contributed by atoms with van der Waals surface area (Å²) in [7, 11) is 1.55. The van der Waals surface area contributed by atoms with E-state index >= 15 is 0 Å². The van der Waals surface area contributed by atoms with Gasteiger partial charge in [0.1, 0.15) is 5.75 Å². The number of nitriles is 1. The predicted octanol–water partition coefficient (Wildman–Crippen LogP) is 1.12. The minimum atomic E-state index is -0.496. The Kier molecular flexibility index (Phi) is 2.64. The number of hydrogen-bond acceptors (Lipinski definition) is 4. The summed E-state index contributed by atoms with van der Waals surface area (Å²) in [6, 6.07) is 7.15. The molecule has 1 aromatic rings. The van der Waals surface area contributed by atoms with Crippen LogP contribution in [0.25, 0.3) is 0 Å². The summed E-state index contributed by atoms with van der Waals surface area (Å²) in [6.45, 7) is 0. The highest BCUT2D eigenvalue weighted by molar-refractivity contribution is 5.85. The molecular formula is C11H10N2O3. The van der Waals surface area contributed by atoms with Crippen molar-refractivity contribution in [2.24, 2.45) is 0 Å². The Labute approximate surface area is 92.5 Å². The fourth-order valence-corrected chi connectivity index (χ4v) is 1.63. The number of amides is 1. The molecule has 1 aliphatic rings. The Morgan fingerprint density at radius 3 is 3.12 bits per heavy atom. The first-order chi connectivity index (χ1) is 7.76. The van der Waals surface area contributed by atoms with Crippen LogP contribution in [0.2, 0.25) is 0 Å². The van der Waals surface area contributed by atoms with Gasteiger partial charge < -0.3 is 9.57 Å². The molecule has 2 rings (SSSR count). The summed E-state index contributed by atoms with van der Waals surface area (Å²) < 4.78 is 5.07. The lowest BCUT2D eigenvalue weighted by molar-refractivity contribution is -0.130. The van der Waals surface area contributed by atoms with Crippen LogP contribution in [0.3, 0.4) is 0 Å². The van der Waals surface area contributed by atoms with Crippen LogP contribution in [0.15, 0.2) is 18.2 Å². The molecule has 0 bridgehead atoms. The van der Waals surface area contributed by atoms with Crippen molar-refractivity contribution in [3.63, 3.8) is 0 Å². The molecule has 82 valence electrons. The van der Waals surface area contributed by atoms with Gasteiger partial charge in [0.05, 0.1) is 25.5 Å². The van der Waals surface area contributed by atoms with Crippen molar-refractivity contribution in [3.05, 3.63) is 23.8 Å². The molecule has 1 N–H and O–H groups in total. The molecule has 16 heavy (non-hydrogen) atoms. The molecule has 0 spiro atoms. The molecule has 1 atom stereocenters. The van der Waals surface area contributed by atoms with Crippen LogP contribution >= 0.6 is 0 Å². The first-order valence-electron chi connectivity index (χ1n) is 4.78. The highest BCUT2D eigenvalue weighted by atomic mass is 16.7. The second-order valence-corrected chi connectivity index (χ2v) is 3.39. The lowest BCUT2D eigenvalue weighted by Crippen LogP contribution is -2.36. The Morgan fingerprint density at radius 1 is 1.62 bits per heavy atom. The van der Waals surface area contributed by atoms with Gasteiger partial charge in [-0.25, -0.2) is 0 Å². The number of methoxy groups -OCH3 is 1. The Balaban J connectivity index is 2.44. The van der Waals surface area contributed by atoms with Crippen molar-refractivity contribution in [3.8, 4) is 17.6 Å². The van der Waals surface area contributed by atoms with Crippen molar-refractivity contribution in [1.82, 2.24) is 5.48 Å². The fourth-order valence-electron chi connectivity index (χ4n) is 1.63. The molecule has 5 heteroatoms. The number of rotatable bonds is 2. The lowest BCUT2D eigenvalue weighted by atomic mass is 9.93. The Bertz CT molecular complexity index is 465. The summed E-state index contributed by atoms with van der Waals surface area (Å²) >= 11 is 0. The van der Waals surface area contributed by atoms with Crippen molar-refractivity contribution in [2.75, 3.05) is 7.11 Å². The zero-order chi connectivity index (χ0) is 11.5. The molecule has 0 saturated carbocycles. The number of hydrogen-bond donors (Lipinski definition) is 1. The van der Waals surface area contributed by atoms with Crippen molar-refractivity contribution >= 4 is 5.91 Å². The number of benzene rings is 1. The van der Waals surface area contributed by atoms with Gasteiger partial charge in [0.2, 0.25) is 0 Å². The van der Waals surface area contributed by atoms with E-state index in [9.17, 15) is 4.79 Å². The van der Waals surface area contributed by atoms with E-state index in [1.165, 1.54) is 0 Å². The SMILES string of the molecule is COc1ccc2c(c1)C(CC#N)C(=O)NO2. The lowest BCUT2D eigenvalue weighted by Gasteiger charge is -2.23. The predicted molar refractivity (Wildman–Crippen MR) is 54.7 cm³/mol. The summed E-state index contributed by atoms with van der Waals surface area (Å²) in [6.07, 6.45) is 0.120. The fraction of sp³-hybridized carbons (Fsp3) is 0.273. The Morgan fingerprint density at radius 2 is 2.44 bits per heavy atom. The van der Waals surface area contributed by atoms with Gasteiger partial charge in [-0.05, 0) is 18.2 Å². The molecule has 0 aromatic heterocycles. The van der Waals surface area contributed by atoms with Crippen LogP contribution in [0.5, 0.6) is 11.5 Å². The summed E-state index contributed by atoms with van der Waals surface area (Å²) in [5.74, 6) is 0.395. The third kappa shape index (κ3) is 1.65. The highest BCUT2D eigenvalue weighted by Crippen LogP contribution is 2.34. The molecule has 1 unspecified atom stereocenters. The van der Waals surface area contributed by atoms with Crippen LogP contribution in [0.1, 0.15) is 17.9 Å². The van der Waals surface area contributed by atoms with Gasteiger partial charge in [-0.1, -0.05) is 0 Å². The van der Waals surface area contributed by atoms with Crippen LogP contribution in [0, 0.1) is 11.3 Å². The maximum Gasteiger partial charge on any atom is 0.261 e. The molecule has 1 aliphatic heterocycles. The summed E-state index contributed by atoms with van der Waals surface area (Å²) in [5.41, 5.74) is 2.96. The number of carbonyl (C=O) groups excluding carboxylic acids is 1. The molecule has 0 saturated heterocycles. The van der Waals surface area contributed by atoms with E-state index < -0.39 is 5.92 Å². The maximum atomic E-state index is 11.5. The number of nitrogens with one attached hydrogen (secondary N) is 1. The standard InChI is InChI=1S/C11H10N2O3/c1-15-7-2-3-10-9(6-7)8(4-5-12)11(14)13-16-10/h2-3,6,8H,4H2,1H3,(H,13,14). The average molecular weight is 218 g/mol. The molecule has 1 heterocycles. The van der Waals surface area contributed by atoms with Gasteiger partial charge in [0, 0.05) is 5.56 Å². The topological polar surface area (TPSA) is 71.3 Å². The van der Waals surface area contributed by atoms with Gasteiger partial charge in [-0.2, -0.15) is 10.7 Å². The zero-order valence-electron chi connectivity index (χ0n) is 8.69. The molecule has 0 fully saturated rings. The molecule has 5 nitrogen and oxygen atoms in total. The van der Waals surface area contributed by atoms with E-state index in [0.29, 0.717) is 17.1 Å². The number of fused-ring (bicyclic) bond motifs is 1. The first kappa shape index (κ1) is 10.3. The average Bonchev–Trinajstić information content (AvgIpc) is 2.32. The molecule has 1 aromatic carbocycles. The minimum Gasteiger partial charge on any atom is -0.497 e. The monoisotopic (exact) mass is 218 g/mol. The van der Waals surface area contributed by atoms with Crippen LogP contribution in [0.4, 0.5) is 0 Å². The normalized spacial score (nSPS) is 17.8. The smallest absolute Gasteiger partial charge is 0.261 e. The molecule has 1 amide bonds. The van der Waals surface area contributed by atoms with Crippen LogP contribution < -0.4 is 15.1 Å². The van der Waals surface area contributed by atoms with E-state index in [0.717, 1.165) is 0 Å². The van der Waals surface area contributed by atoms with Crippen LogP contribution in [-0.2, 0) is 4.79 Å². The second-order valence-electron chi connectivity index (χ2n) is 3.39. The zero-order valence-corrected chi connectivity index (χ0v) is 8.69. The highest BCUT2D eigenvalue weighted by Gasteiger charge is 2.29. The third-order valence-corrected chi connectivity index (χ3v) is 2.47. The van der Waals surface area contributed by atoms with Crippen molar-refractivity contribution < 1.29 is 14.4 Å². The maximum absolute atomic E-state index is 11.5. The van der Waals surface area contributed by atoms with Gasteiger partial charge in [-0.15, -0.1) is 0 Å².